The highest BCUT2D eigenvalue weighted by Gasteiger charge is 2.05. The van der Waals surface area contributed by atoms with Gasteiger partial charge in [-0.05, 0) is 11.1 Å². The summed E-state index contributed by atoms with van der Waals surface area (Å²) in [6, 6.07) is 21.0. The first-order valence-electron chi connectivity index (χ1n) is 7.14. The molecular weight excluding hydrogens is 286 g/mol. The molecular formula is C18H21NSi2. The summed E-state index contributed by atoms with van der Waals surface area (Å²) in [4.78, 5) is 0. The Bertz CT molecular complexity index is 525. The van der Waals surface area contributed by atoms with E-state index >= 15 is 0 Å². The third-order valence-electron chi connectivity index (χ3n) is 3.05. The Morgan fingerprint density at radius 1 is 0.667 bits per heavy atom. The molecule has 2 aromatic rings. The van der Waals surface area contributed by atoms with E-state index in [1.165, 1.54) is 11.1 Å². The first-order valence-corrected chi connectivity index (χ1v) is 11.3. The minimum absolute atomic E-state index is 0.626. The zero-order valence-electron chi connectivity index (χ0n) is 12.6. The van der Waals surface area contributed by atoms with Gasteiger partial charge in [0.05, 0.1) is 0 Å². The van der Waals surface area contributed by atoms with Crippen LogP contribution in [0.4, 0.5) is 0 Å². The van der Waals surface area contributed by atoms with Gasteiger partial charge in [-0.2, -0.15) is 0 Å². The lowest BCUT2D eigenvalue weighted by Crippen LogP contribution is -2.39. The molecule has 0 bridgehead atoms. The van der Waals surface area contributed by atoms with Gasteiger partial charge in [0.25, 0.3) is 0 Å². The summed E-state index contributed by atoms with van der Waals surface area (Å²) in [7, 11) is -1.25. The van der Waals surface area contributed by atoms with Gasteiger partial charge in [0.2, 0.25) is 0 Å². The monoisotopic (exact) mass is 307 g/mol. The van der Waals surface area contributed by atoms with E-state index < -0.39 is 17.9 Å². The van der Waals surface area contributed by atoms with Gasteiger partial charge in [-0.25, -0.2) is 0 Å². The van der Waals surface area contributed by atoms with Crippen molar-refractivity contribution in [1.82, 2.24) is 4.65 Å². The molecule has 0 atom stereocenters. The molecule has 21 heavy (non-hydrogen) atoms. The average molecular weight is 308 g/mol. The molecule has 0 saturated heterocycles. The molecule has 3 heteroatoms. The van der Waals surface area contributed by atoms with Crippen LogP contribution in [0.15, 0.2) is 72.1 Å². The van der Waals surface area contributed by atoms with Crippen molar-refractivity contribution in [3.05, 3.63) is 83.2 Å². The smallest absolute Gasteiger partial charge is 0.151 e. The van der Waals surface area contributed by atoms with Crippen molar-refractivity contribution in [2.45, 2.75) is 13.1 Å². The maximum atomic E-state index is 3.75. The van der Waals surface area contributed by atoms with Gasteiger partial charge in [0.15, 0.2) is 17.9 Å². The highest BCUT2D eigenvalue weighted by Crippen LogP contribution is 2.03. The Morgan fingerprint density at radius 3 is 1.43 bits per heavy atom. The van der Waals surface area contributed by atoms with Crippen LogP contribution in [0.3, 0.4) is 0 Å². The second-order valence-electron chi connectivity index (χ2n) is 4.98. The summed E-state index contributed by atoms with van der Waals surface area (Å²) < 4.78 is 3.75. The predicted molar refractivity (Wildman–Crippen MR) is 97.3 cm³/mol. The summed E-state index contributed by atoms with van der Waals surface area (Å²) in [5.74, 6) is 0. The molecule has 0 fully saturated rings. The lowest BCUT2D eigenvalue weighted by Gasteiger charge is -2.10. The van der Waals surface area contributed by atoms with E-state index in [9.17, 15) is 0 Å². The second kappa shape index (κ2) is 8.57. The molecule has 1 N–H and O–H groups in total. The highest BCUT2D eigenvalue weighted by atomic mass is 28.3. The second-order valence-corrected chi connectivity index (χ2v) is 9.38. The number of benzene rings is 2. The van der Waals surface area contributed by atoms with Crippen molar-refractivity contribution >= 4 is 30.1 Å². The zero-order valence-corrected chi connectivity index (χ0v) is 14.6. The van der Waals surface area contributed by atoms with E-state index in [-0.39, 0.29) is 0 Å². The molecule has 0 amide bonds. The van der Waals surface area contributed by atoms with E-state index in [4.69, 9.17) is 0 Å². The molecule has 0 spiro atoms. The van der Waals surface area contributed by atoms with Gasteiger partial charge in [0, 0.05) is 0 Å². The zero-order chi connectivity index (χ0) is 14.9. The molecule has 2 aromatic carbocycles. The van der Waals surface area contributed by atoms with Gasteiger partial charge >= 0.3 is 0 Å². The Hall–Kier alpha value is -1.69. The number of hydrogen-bond donors (Lipinski definition) is 1. The van der Waals surface area contributed by atoms with E-state index in [1.54, 1.807) is 0 Å². The fourth-order valence-corrected chi connectivity index (χ4v) is 6.00. The molecule has 0 heterocycles. The fourth-order valence-electron chi connectivity index (χ4n) is 1.97. The maximum Gasteiger partial charge on any atom is 0.151 e. The molecule has 2 radical (unpaired) electrons. The quantitative estimate of drug-likeness (QED) is 0.784. The van der Waals surface area contributed by atoms with Crippen molar-refractivity contribution in [2.24, 2.45) is 0 Å². The first-order chi connectivity index (χ1) is 10.2. The summed E-state index contributed by atoms with van der Waals surface area (Å²) in [5, 5.41) is 0. The lowest BCUT2D eigenvalue weighted by molar-refractivity contribution is 1.48. The number of nitrogens with one attached hydrogen (secondary N) is 1. The number of rotatable bonds is 6. The van der Waals surface area contributed by atoms with Crippen molar-refractivity contribution < 1.29 is 0 Å². The Kier molecular flexibility index (Phi) is 6.40. The average Bonchev–Trinajstić information content (AvgIpc) is 2.53. The molecule has 0 aliphatic heterocycles. The maximum absolute atomic E-state index is 3.75. The van der Waals surface area contributed by atoms with Crippen LogP contribution in [0.1, 0.15) is 11.1 Å². The van der Waals surface area contributed by atoms with Crippen molar-refractivity contribution in [3.8, 4) is 0 Å². The molecule has 0 aliphatic carbocycles. The van der Waals surface area contributed by atoms with Crippen molar-refractivity contribution in [1.29, 1.82) is 0 Å². The van der Waals surface area contributed by atoms with Crippen molar-refractivity contribution in [2.75, 3.05) is 0 Å². The van der Waals surface area contributed by atoms with E-state index in [0.29, 0.717) is 0 Å². The molecule has 2 rings (SSSR count). The molecule has 0 aliphatic rings. The van der Waals surface area contributed by atoms with Crippen LogP contribution in [0, 0.1) is 0 Å². The predicted octanol–water partition coefficient (Wildman–Crippen LogP) is 4.32. The fraction of sp³-hybridized carbons (Fsp3) is 0.111. The largest absolute Gasteiger partial charge is 0.355 e. The minimum Gasteiger partial charge on any atom is -0.355 e. The van der Waals surface area contributed by atoms with Gasteiger partial charge in [-0.1, -0.05) is 97.3 Å². The summed E-state index contributed by atoms with van der Waals surface area (Å²) in [6.45, 7) is 4.60. The SMILES string of the molecule is C[Si](C=Cc1ccccc1)N[Si](C)C=Cc1ccccc1. The molecule has 0 saturated carbocycles. The topological polar surface area (TPSA) is 12.0 Å². The van der Waals surface area contributed by atoms with Crippen LogP contribution in [-0.4, -0.2) is 17.9 Å². The first kappa shape index (κ1) is 15.7. The minimum atomic E-state index is -0.626. The third-order valence-corrected chi connectivity index (χ3v) is 7.53. The van der Waals surface area contributed by atoms with Crippen LogP contribution in [0.5, 0.6) is 0 Å². The van der Waals surface area contributed by atoms with Crippen LogP contribution in [0.25, 0.3) is 12.2 Å². The van der Waals surface area contributed by atoms with Gasteiger partial charge < -0.3 is 4.65 Å². The lowest BCUT2D eigenvalue weighted by atomic mass is 10.2. The van der Waals surface area contributed by atoms with E-state index in [0.717, 1.165) is 0 Å². The highest BCUT2D eigenvalue weighted by molar-refractivity contribution is 6.77. The number of hydrogen-bond acceptors (Lipinski definition) is 1. The van der Waals surface area contributed by atoms with Crippen LogP contribution < -0.4 is 4.65 Å². The van der Waals surface area contributed by atoms with Crippen LogP contribution in [0.2, 0.25) is 13.1 Å². The van der Waals surface area contributed by atoms with Gasteiger partial charge in [-0.15, -0.1) is 0 Å². The third kappa shape index (κ3) is 6.08. The van der Waals surface area contributed by atoms with E-state index in [2.05, 4.69) is 102 Å². The molecule has 1 nitrogen and oxygen atoms in total. The normalized spacial score (nSPS) is 12.0. The Morgan fingerprint density at radius 2 is 1.05 bits per heavy atom. The molecule has 0 aromatic heterocycles. The molecule has 0 unspecified atom stereocenters. The Labute approximate surface area is 131 Å². The van der Waals surface area contributed by atoms with Gasteiger partial charge in [0.1, 0.15) is 0 Å². The summed E-state index contributed by atoms with van der Waals surface area (Å²) in [5.41, 5.74) is 7.19. The van der Waals surface area contributed by atoms with Crippen molar-refractivity contribution in [3.63, 3.8) is 0 Å². The van der Waals surface area contributed by atoms with Crippen LogP contribution in [-0.2, 0) is 0 Å². The summed E-state index contributed by atoms with van der Waals surface area (Å²) >= 11 is 0. The van der Waals surface area contributed by atoms with Crippen LogP contribution >= 0.6 is 0 Å². The van der Waals surface area contributed by atoms with Gasteiger partial charge in [-0.3, -0.25) is 0 Å². The van der Waals surface area contributed by atoms with E-state index in [1.807, 2.05) is 0 Å². The standard InChI is InChI=1S/C18H21NSi2/c1-20(15-13-17-9-5-3-6-10-17)19-21(2)16-14-18-11-7-4-8-12-18/h3-16,19H,1-2H3. The Balaban J connectivity index is 1.83. The molecule has 106 valence electrons. The summed E-state index contributed by atoms with van der Waals surface area (Å²) in [6.07, 6.45) is 4.44.